The van der Waals surface area contributed by atoms with Gasteiger partial charge in [0, 0.05) is 39.3 Å². The van der Waals surface area contributed by atoms with Crippen LogP contribution in [0.2, 0.25) is 0 Å². The third kappa shape index (κ3) is 5.33. The highest BCUT2D eigenvalue weighted by Crippen LogP contribution is 2.43. The Hall–Kier alpha value is -5.10. The van der Waals surface area contributed by atoms with Crippen molar-refractivity contribution in [3.05, 3.63) is 168 Å². The van der Waals surface area contributed by atoms with E-state index < -0.39 is 0 Å². The molecule has 10 aromatic rings. The Morgan fingerprint density at radius 1 is 0.280 bits per heavy atom. The van der Waals surface area contributed by atoms with Gasteiger partial charge in [0.1, 0.15) is 0 Å². The van der Waals surface area contributed by atoms with Gasteiger partial charge in [-0.1, -0.05) is 121 Å². The molecule has 0 spiro atoms. The Morgan fingerprint density at radius 2 is 0.620 bits per heavy atom. The van der Waals surface area contributed by atoms with Crippen LogP contribution in [-0.2, 0) is 0 Å². The summed E-state index contributed by atoms with van der Waals surface area (Å²) in [5, 5.41) is 7.01. The lowest BCUT2D eigenvalue weighted by Crippen LogP contribution is -1.82. The van der Waals surface area contributed by atoms with E-state index in [1.807, 2.05) is 22.7 Å². The van der Waals surface area contributed by atoms with Gasteiger partial charge in [-0.25, -0.2) is 0 Å². The number of benzene rings is 6. The van der Waals surface area contributed by atoms with Crippen LogP contribution in [0.3, 0.4) is 0 Å². The van der Waals surface area contributed by atoms with Gasteiger partial charge in [-0.2, -0.15) is 0 Å². The zero-order chi connectivity index (χ0) is 33.0. The maximum atomic E-state index is 2.36. The molecule has 50 heavy (non-hydrogen) atoms. The normalized spacial score (nSPS) is 11.6. The first-order chi connectivity index (χ1) is 24.7. The highest BCUT2D eigenvalue weighted by molar-refractivity contribution is 7.31. The second-order valence-corrected chi connectivity index (χ2v) is 16.6. The van der Waals surface area contributed by atoms with Crippen molar-refractivity contribution in [2.45, 2.75) is 0 Å². The Balaban J connectivity index is 0.843. The fraction of sp³-hybridized carbons (Fsp3) is 0. The molecule has 0 aliphatic carbocycles. The SMILES string of the molecule is c1cc(-c2ccc(-c3ccc(-c4cc5sc(-c6ccc(-c7ccc(-c8cccc9sccc89)cc7)cc6)cc5s4)cc3)cc2)c2ccsc2c1. The third-order valence-corrected chi connectivity index (χ3v) is 13.8. The molecule has 0 saturated heterocycles. The van der Waals surface area contributed by atoms with Crippen molar-refractivity contribution in [1.82, 2.24) is 0 Å². The minimum absolute atomic E-state index is 1.24. The summed E-state index contributed by atoms with van der Waals surface area (Å²) >= 11 is 7.36. The number of fused-ring (bicyclic) bond motifs is 3. The van der Waals surface area contributed by atoms with Crippen molar-refractivity contribution in [1.29, 1.82) is 0 Å². The lowest BCUT2D eigenvalue weighted by molar-refractivity contribution is 1.61. The summed E-state index contributed by atoms with van der Waals surface area (Å²) in [6.07, 6.45) is 0. The fourth-order valence-electron chi connectivity index (χ4n) is 6.95. The molecule has 0 amide bonds. The predicted molar refractivity (Wildman–Crippen MR) is 223 cm³/mol. The van der Waals surface area contributed by atoms with Gasteiger partial charge >= 0.3 is 0 Å². The topological polar surface area (TPSA) is 0 Å². The van der Waals surface area contributed by atoms with Crippen molar-refractivity contribution in [3.8, 4) is 65.4 Å². The minimum Gasteiger partial charge on any atom is -0.144 e. The van der Waals surface area contributed by atoms with Gasteiger partial charge < -0.3 is 0 Å². The van der Waals surface area contributed by atoms with Gasteiger partial charge in [-0.3, -0.25) is 0 Å². The second kappa shape index (κ2) is 12.3. The van der Waals surface area contributed by atoms with E-state index in [-0.39, 0.29) is 0 Å². The first kappa shape index (κ1) is 29.8. The zero-order valence-electron chi connectivity index (χ0n) is 26.8. The van der Waals surface area contributed by atoms with Crippen molar-refractivity contribution in [2.75, 3.05) is 0 Å². The van der Waals surface area contributed by atoms with Crippen molar-refractivity contribution >= 4 is 74.9 Å². The lowest BCUT2D eigenvalue weighted by Gasteiger charge is -2.07. The zero-order valence-corrected chi connectivity index (χ0v) is 30.1. The Kier molecular flexibility index (Phi) is 7.35. The van der Waals surface area contributed by atoms with E-state index >= 15 is 0 Å². The van der Waals surface area contributed by atoms with Crippen LogP contribution in [0.4, 0.5) is 0 Å². The molecule has 0 fully saturated rings. The standard InChI is InChI=1S/C46H28S4/c1-3-37(39-23-25-47-41(39)5-1)33-15-7-29(8-16-33)31-11-19-35(20-12-31)43-27-45-46(49-43)28-44(50-45)36-21-13-32(14-22-36)30-9-17-34(18-10-30)38-4-2-6-42-40(38)24-26-48-42/h1-28H. The fourth-order valence-corrected chi connectivity index (χ4v) is 11.0. The van der Waals surface area contributed by atoms with E-state index in [4.69, 9.17) is 0 Å². The molecule has 4 heterocycles. The number of thiophene rings is 4. The highest BCUT2D eigenvalue weighted by Gasteiger charge is 2.12. The average molecular weight is 709 g/mol. The maximum Gasteiger partial charge on any atom is 0.0463 e. The van der Waals surface area contributed by atoms with Gasteiger partial charge in [0.05, 0.1) is 0 Å². The van der Waals surface area contributed by atoms with Crippen molar-refractivity contribution in [2.24, 2.45) is 0 Å². The second-order valence-electron chi connectivity index (χ2n) is 12.5. The summed E-state index contributed by atoms with van der Waals surface area (Å²) in [4.78, 5) is 2.63. The van der Waals surface area contributed by atoms with E-state index in [0.717, 1.165) is 0 Å². The summed E-state index contributed by atoms with van der Waals surface area (Å²) in [6.45, 7) is 0. The summed E-state index contributed by atoms with van der Waals surface area (Å²) in [5.74, 6) is 0. The van der Waals surface area contributed by atoms with Crippen molar-refractivity contribution < 1.29 is 0 Å². The lowest BCUT2D eigenvalue weighted by atomic mass is 9.98. The molecule has 0 radical (unpaired) electrons. The van der Waals surface area contributed by atoms with Crippen LogP contribution in [0, 0.1) is 0 Å². The molecule has 0 aliphatic heterocycles. The minimum atomic E-state index is 1.24. The quantitative estimate of drug-likeness (QED) is 0.161. The van der Waals surface area contributed by atoms with Gasteiger partial charge in [0.15, 0.2) is 0 Å². The molecule has 0 saturated carbocycles. The molecule has 236 valence electrons. The summed E-state index contributed by atoms with van der Waals surface area (Å²) in [6, 6.07) is 58.3. The van der Waals surface area contributed by atoms with Crippen LogP contribution in [0.5, 0.6) is 0 Å². The van der Waals surface area contributed by atoms with E-state index in [1.54, 1.807) is 22.7 Å². The largest absolute Gasteiger partial charge is 0.144 e. The molecule has 0 nitrogen and oxygen atoms in total. The Bertz CT molecular complexity index is 2550. The van der Waals surface area contributed by atoms with Gasteiger partial charge in [-0.05, 0) is 103 Å². The molecule has 0 unspecified atom stereocenters. The molecular weight excluding hydrogens is 681 g/mol. The van der Waals surface area contributed by atoms with Gasteiger partial charge in [0.2, 0.25) is 0 Å². The predicted octanol–water partition coefficient (Wildman–Crippen LogP) is 15.4. The number of rotatable bonds is 6. The van der Waals surface area contributed by atoms with Crippen LogP contribution < -0.4 is 0 Å². The van der Waals surface area contributed by atoms with E-state index in [1.165, 1.54) is 95.0 Å². The first-order valence-corrected chi connectivity index (χ1v) is 20.0. The molecule has 0 bridgehead atoms. The number of hydrogen-bond acceptors (Lipinski definition) is 4. The molecule has 4 aromatic heterocycles. The average Bonchev–Trinajstić information content (AvgIpc) is 4.00. The van der Waals surface area contributed by atoms with E-state index in [2.05, 4.69) is 168 Å². The van der Waals surface area contributed by atoms with Crippen LogP contribution in [0.15, 0.2) is 168 Å². The molecule has 0 atom stereocenters. The molecule has 6 aromatic carbocycles. The van der Waals surface area contributed by atoms with Crippen LogP contribution in [0.25, 0.3) is 95.0 Å². The molecule has 0 aliphatic rings. The molecular formula is C46H28S4. The monoisotopic (exact) mass is 708 g/mol. The number of hydrogen-bond donors (Lipinski definition) is 0. The molecule has 0 N–H and O–H groups in total. The van der Waals surface area contributed by atoms with Gasteiger partial charge in [-0.15, -0.1) is 45.3 Å². The van der Waals surface area contributed by atoms with Crippen LogP contribution in [0.1, 0.15) is 0 Å². The molecule has 4 heteroatoms. The first-order valence-electron chi connectivity index (χ1n) is 16.6. The van der Waals surface area contributed by atoms with Crippen LogP contribution in [-0.4, -0.2) is 0 Å². The highest BCUT2D eigenvalue weighted by atomic mass is 32.1. The summed E-state index contributed by atoms with van der Waals surface area (Å²) in [5.41, 5.74) is 12.6. The molecule has 10 rings (SSSR count). The third-order valence-electron chi connectivity index (χ3n) is 9.60. The van der Waals surface area contributed by atoms with Crippen molar-refractivity contribution in [3.63, 3.8) is 0 Å². The Labute approximate surface area is 306 Å². The summed E-state index contributed by atoms with van der Waals surface area (Å²) in [7, 11) is 0. The van der Waals surface area contributed by atoms with Crippen LogP contribution >= 0.6 is 45.3 Å². The Morgan fingerprint density at radius 3 is 1.00 bits per heavy atom. The smallest absolute Gasteiger partial charge is 0.0463 e. The maximum absolute atomic E-state index is 2.36. The van der Waals surface area contributed by atoms with E-state index in [9.17, 15) is 0 Å². The summed E-state index contributed by atoms with van der Waals surface area (Å²) < 4.78 is 5.37. The van der Waals surface area contributed by atoms with E-state index in [0.29, 0.717) is 0 Å². The van der Waals surface area contributed by atoms with Gasteiger partial charge in [0.25, 0.3) is 0 Å².